The fourth-order valence-electron chi connectivity index (χ4n) is 4.21. The Bertz CT molecular complexity index is 506. The second kappa shape index (κ2) is 6.49. The number of piperidine rings is 1. The van der Waals surface area contributed by atoms with Gasteiger partial charge in [0, 0.05) is 18.1 Å². The smallest absolute Gasteiger partial charge is 0.142 e. The molecule has 1 saturated heterocycles. The summed E-state index contributed by atoms with van der Waals surface area (Å²) < 4.78 is 5.87. The van der Waals surface area contributed by atoms with Gasteiger partial charge in [0.25, 0.3) is 0 Å². The lowest BCUT2D eigenvalue weighted by atomic mass is 9.93. The molecule has 2 aliphatic rings. The lowest BCUT2D eigenvalue weighted by Gasteiger charge is -2.43. The zero-order valence-electron chi connectivity index (χ0n) is 14.4. The first-order valence-electron chi connectivity index (χ1n) is 8.85. The molecule has 1 fully saturated rings. The molecule has 0 bridgehead atoms. The Morgan fingerprint density at radius 1 is 1.23 bits per heavy atom. The van der Waals surface area contributed by atoms with Crippen LogP contribution in [0.4, 0.5) is 5.69 Å². The van der Waals surface area contributed by atoms with Crippen molar-refractivity contribution in [2.75, 3.05) is 11.9 Å². The highest BCUT2D eigenvalue weighted by molar-refractivity contribution is 5.59. The maximum Gasteiger partial charge on any atom is 0.142 e. The van der Waals surface area contributed by atoms with Crippen LogP contribution >= 0.6 is 0 Å². The highest BCUT2D eigenvalue weighted by Gasteiger charge is 2.28. The Hall–Kier alpha value is -1.22. The van der Waals surface area contributed by atoms with Crippen molar-refractivity contribution in [1.29, 1.82) is 0 Å². The average Bonchev–Trinajstić information content (AvgIpc) is 2.47. The Morgan fingerprint density at radius 3 is 2.68 bits per heavy atom. The summed E-state index contributed by atoms with van der Waals surface area (Å²) in [6, 6.07) is 8.64. The van der Waals surface area contributed by atoms with Gasteiger partial charge in [-0.25, -0.2) is 0 Å². The van der Waals surface area contributed by atoms with E-state index in [1.165, 1.54) is 24.8 Å². The second-order valence-electron chi connectivity index (χ2n) is 7.27. The van der Waals surface area contributed by atoms with E-state index in [0.717, 1.165) is 24.4 Å². The van der Waals surface area contributed by atoms with E-state index in [9.17, 15) is 0 Å². The first-order valence-corrected chi connectivity index (χ1v) is 8.85. The summed E-state index contributed by atoms with van der Waals surface area (Å²) in [4.78, 5) is 2.72. The van der Waals surface area contributed by atoms with Gasteiger partial charge in [-0.2, -0.15) is 0 Å². The molecule has 122 valence electrons. The summed E-state index contributed by atoms with van der Waals surface area (Å²) in [5.74, 6) is 0.995. The summed E-state index contributed by atoms with van der Waals surface area (Å²) in [6.07, 6.45) is 5.42. The molecule has 3 nitrogen and oxygen atoms in total. The number of hydrogen-bond acceptors (Lipinski definition) is 3. The molecular weight excluding hydrogens is 272 g/mol. The highest BCUT2D eigenvalue weighted by atomic mass is 16.5. The van der Waals surface area contributed by atoms with Crippen molar-refractivity contribution >= 4 is 5.69 Å². The summed E-state index contributed by atoms with van der Waals surface area (Å²) in [5.41, 5.74) is 2.56. The molecule has 0 aromatic heterocycles. The van der Waals surface area contributed by atoms with Gasteiger partial charge in [-0.3, -0.25) is 4.90 Å². The maximum atomic E-state index is 5.87. The molecule has 3 rings (SSSR count). The fraction of sp³-hybridized carbons (Fsp3) is 0.684. The van der Waals surface area contributed by atoms with E-state index in [1.807, 2.05) is 0 Å². The number of nitrogens with one attached hydrogen (secondary N) is 1. The SMILES string of the molecule is CC1CNc2cc(CC(C)N3C(C)CCCC3C)ccc2O1. The Morgan fingerprint density at radius 2 is 1.95 bits per heavy atom. The van der Waals surface area contributed by atoms with Gasteiger partial charge in [0.2, 0.25) is 0 Å². The number of fused-ring (bicyclic) bond motifs is 1. The fourth-order valence-corrected chi connectivity index (χ4v) is 4.21. The molecule has 0 saturated carbocycles. The Balaban J connectivity index is 1.70. The van der Waals surface area contributed by atoms with Gasteiger partial charge in [0.05, 0.1) is 12.2 Å². The number of anilines is 1. The molecule has 1 N–H and O–H groups in total. The monoisotopic (exact) mass is 302 g/mol. The van der Waals surface area contributed by atoms with Gasteiger partial charge in [-0.1, -0.05) is 12.5 Å². The van der Waals surface area contributed by atoms with Gasteiger partial charge in [0.15, 0.2) is 0 Å². The van der Waals surface area contributed by atoms with Gasteiger partial charge in [-0.15, -0.1) is 0 Å². The van der Waals surface area contributed by atoms with Crippen molar-refractivity contribution in [1.82, 2.24) is 4.90 Å². The Kier molecular flexibility index (Phi) is 4.62. The molecule has 4 atom stereocenters. The van der Waals surface area contributed by atoms with Crippen molar-refractivity contribution in [2.24, 2.45) is 0 Å². The lowest BCUT2D eigenvalue weighted by molar-refractivity contribution is 0.0628. The van der Waals surface area contributed by atoms with Gasteiger partial charge >= 0.3 is 0 Å². The van der Waals surface area contributed by atoms with E-state index in [4.69, 9.17) is 4.74 Å². The van der Waals surface area contributed by atoms with Crippen molar-refractivity contribution < 1.29 is 4.74 Å². The highest BCUT2D eigenvalue weighted by Crippen LogP contribution is 2.31. The third-order valence-corrected chi connectivity index (χ3v) is 5.25. The summed E-state index contributed by atoms with van der Waals surface area (Å²) in [6.45, 7) is 10.1. The number of rotatable bonds is 3. The molecule has 0 spiro atoms. The maximum absolute atomic E-state index is 5.87. The first kappa shape index (κ1) is 15.7. The minimum absolute atomic E-state index is 0.257. The number of likely N-dealkylation sites (tertiary alicyclic amines) is 1. The second-order valence-corrected chi connectivity index (χ2v) is 7.27. The molecule has 0 amide bonds. The molecule has 1 aromatic rings. The largest absolute Gasteiger partial charge is 0.487 e. The topological polar surface area (TPSA) is 24.5 Å². The minimum Gasteiger partial charge on any atom is -0.487 e. The van der Waals surface area contributed by atoms with E-state index in [0.29, 0.717) is 18.1 Å². The van der Waals surface area contributed by atoms with Crippen LogP contribution in [0, 0.1) is 0 Å². The quantitative estimate of drug-likeness (QED) is 0.911. The molecule has 3 heteroatoms. The van der Waals surface area contributed by atoms with E-state index in [2.05, 4.69) is 56.1 Å². The van der Waals surface area contributed by atoms with Crippen molar-refractivity contribution in [3.8, 4) is 5.75 Å². The first-order chi connectivity index (χ1) is 10.5. The minimum atomic E-state index is 0.257. The normalized spacial score (nSPS) is 30.1. The van der Waals surface area contributed by atoms with E-state index < -0.39 is 0 Å². The molecule has 22 heavy (non-hydrogen) atoms. The summed E-state index contributed by atoms with van der Waals surface area (Å²) in [7, 11) is 0. The van der Waals surface area contributed by atoms with Crippen molar-refractivity contribution in [3.63, 3.8) is 0 Å². The standard InChI is InChI=1S/C19H30N2O/c1-13-6-5-7-14(2)21(13)15(3)10-17-8-9-19-18(11-17)20-12-16(4)22-19/h8-9,11,13-16,20H,5-7,10,12H2,1-4H3. The van der Waals surface area contributed by atoms with Crippen molar-refractivity contribution in [2.45, 2.75) is 77.6 Å². The molecule has 2 aliphatic heterocycles. The van der Waals surface area contributed by atoms with Crippen LogP contribution in [0.1, 0.15) is 52.5 Å². The van der Waals surface area contributed by atoms with E-state index >= 15 is 0 Å². The predicted octanol–water partition coefficient (Wildman–Crippen LogP) is 4.07. The van der Waals surface area contributed by atoms with Crippen LogP contribution in [0.3, 0.4) is 0 Å². The van der Waals surface area contributed by atoms with Crippen molar-refractivity contribution in [3.05, 3.63) is 23.8 Å². The van der Waals surface area contributed by atoms with Crippen LogP contribution in [-0.4, -0.2) is 35.7 Å². The molecule has 2 heterocycles. The van der Waals surface area contributed by atoms with Crippen LogP contribution in [0.5, 0.6) is 5.75 Å². The molecular formula is C19H30N2O. The van der Waals surface area contributed by atoms with Gasteiger partial charge < -0.3 is 10.1 Å². The van der Waals surface area contributed by atoms with Crippen LogP contribution < -0.4 is 10.1 Å². The average molecular weight is 302 g/mol. The molecule has 4 unspecified atom stereocenters. The Labute approximate surface area is 135 Å². The number of nitrogens with zero attached hydrogens (tertiary/aromatic N) is 1. The molecule has 1 aromatic carbocycles. The summed E-state index contributed by atoms with van der Waals surface area (Å²) >= 11 is 0. The molecule has 0 radical (unpaired) electrons. The number of benzene rings is 1. The molecule has 0 aliphatic carbocycles. The number of hydrogen-bond donors (Lipinski definition) is 1. The van der Waals surface area contributed by atoms with Crippen LogP contribution in [-0.2, 0) is 6.42 Å². The third kappa shape index (κ3) is 3.24. The van der Waals surface area contributed by atoms with Crippen LogP contribution in [0.15, 0.2) is 18.2 Å². The predicted molar refractivity (Wildman–Crippen MR) is 92.8 cm³/mol. The third-order valence-electron chi connectivity index (χ3n) is 5.25. The van der Waals surface area contributed by atoms with Gasteiger partial charge in [0.1, 0.15) is 11.9 Å². The van der Waals surface area contributed by atoms with E-state index in [1.54, 1.807) is 0 Å². The summed E-state index contributed by atoms with van der Waals surface area (Å²) in [5, 5.41) is 3.48. The van der Waals surface area contributed by atoms with Crippen LogP contribution in [0.25, 0.3) is 0 Å². The van der Waals surface area contributed by atoms with E-state index in [-0.39, 0.29) is 6.10 Å². The zero-order chi connectivity index (χ0) is 15.7. The van der Waals surface area contributed by atoms with Crippen LogP contribution in [0.2, 0.25) is 0 Å². The zero-order valence-corrected chi connectivity index (χ0v) is 14.4. The number of ether oxygens (including phenoxy) is 1. The van der Waals surface area contributed by atoms with Gasteiger partial charge in [-0.05, 0) is 64.7 Å². The lowest BCUT2D eigenvalue weighted by Crippen LogP contribution is -2.49.